The molecule has 0 atom stereocenters. The number of aromatic nitrogens is 1. The number of ether oxygens (including phenoxy) is 3. The standard InChI is InChI=1S/C28H27N3O4/c1-4-15-35-26-14-13-19(16-27(26)34-3)18-29-31-28(32)22-17-24(21-10-6-8-12-25(21)33-2)30-23-11-7-5-9-20(22)23/h5-14,16-18H,4,15H2,1-3H3,(H,31,32)/b29-18-. The highest BCUT2D eigenvalue weighted by Crippen LogP contribution is 2.31. The normalized spacial score (nSPS) is 10.9. The number of pyridine rings is 1. The van der Waals surface area contributed by atoms with Gasteiger partial charge in [-0.05, 0) is 54.4 Å². The van der Waals surface area contributed by atoms with Gasteiger partial charge in [0.1, 0.15) is 5.75 Å². The smallest absolute Gasteiger partial charge is 0.272 e. The van der Waals surface area contributed by atoms with E-state index in [4.69, 9.17) is 19.2 Å². The van der Waals surface area contributed by atoms with Crippen molar-refractivity contribution in [3.05, 3.63) is 83.9 Å². The molecule has 0 radical (unpaired) electrons. The SMILES string of the molecule is CCCOc1ccc(/C=N\NC(=O)c2cc(-c3ccccc3OC)nc3ccccc23)cc1OC. The van der Waals surface area contributed by atoms with Crippen LogP contribution in [0.5, 0.6) is 17.2 Å². The van der Waals surface area contributed by atoms with Crippen LogP contribution in [0.2, 0.25) is 0 Å². The third-order valence-corrected chi connectivity index (χ3v) is 5.37. The molecule has 0 unspecified atom stereocenters. The number of nitrogens with zero attached hydrogens (tertiary/aromatic N) is 2. The molecule has 35 heavy (non-hydrogen) atoms. The molecule has 0 bridgehead atoms. The van der Waals surface area contributed by atoms with Crippen molar-refractivity contribution in [1.29, 1.82) is 0 Å². The van der Waals surface area contributed by atoms with E-state index in [9.17, 15) is 4.79 Å². The zero-order chi connectivity index (χ0) is 24.6. The van der Waals surface area contributed by atoms with Crippen LogP contribution in [0, 0.1) is 0 Å². The maximum Gasteiger partial charge on any atom is 0.272 e. The molecule has 0 aliphatic carbocycles. The van der Waals surface area contributed by atoms with Gasteiger partial charge in [0.2, 0.25) is 0 Å². The predicted octanol–water partition coefficient (Wildman–Crippen LogP) is 5.47. The van der Waals surface area contributed by atoms with Gasteiger partial charge in [0, 0.05) is 10.9 Å². The monoisotopic (exact) mass is 469 g/mol. The topological polar surface area (TPSA) is 82.0 Å². The minimum atomic E-state index is -0.342. The van der Waals surface area contributed by atoms with Crippen LogP contribution in [0.3, 0.4) is 0 Å². The van der Waals surface area contributed by atoms with Gasteiger partial charge in [-0.15, -0.1) is 0 Å². The number of methoxy groups -OCH3 is 2. The number of hydrogen-bond donors (Lipinski definition) is 1. The molecule has 178 valence electrons. The van der Waals surface area contributed by atoms with Crippen LogP contribution >= 0.6 is 0 Å². The number of carbonyl (C=O) groups excluding carboxylic acids is 1. The molecule has 1 aromatic heterocycles. The van der Waals surface area contributed by atoms with Crippen molar-refractivity contribution < 1.29 is 19.0 Å². The summed E-state index contributed by atoms with van der Waals surface area (Å²) in [4.78, 5) is 17.9. The Hall–Kier alpha value is -4.39. The summed E-state index contributed by atoms with van der Waals surface area (Å²) in [6, 6.07) is 22.3. The van der Waals surface area contributed by atoms with E-state index in [0.717, 1.165) is 22.9 Å². The Morgan fingerprint density at radius 3 is 2.51 bits per heavy atom. The van der Waals surface area contributed by atoms with Crippen molar-refractivity contribution in [2.45, 2.75) is 13.3 Å². The Morgan fingerprint density at radius 1 is 0.943 bits per heavy atom. The number of carbonyl (C=O) groups is 1. The van der Waals surface area contributed by atoms with Crippen LogP contribution in [0.25, 0.3) is 22.2 Å². The summed E-state index contributed by atoms with van der Waals surface area (Å²) in [5.74, 6) is 1.61. The van der Waals surface area contributed by atoms with Gasteiger partial charge >= 0.3 is 0 Å². The molecule has 7 nitrogen and oxygen atoms in total. The molecular formula is C28H27N3O4. The highest BCUT2D eigenvalue weighted by atomic mass is 16.5. The zero-order valence-electron chi connectivity index (χ0n) is 19.9. The van der Waals surface area contributed by atoms with Crippen molar-refractivity contribution in [2.75, 3.05) is 20.8 Å². The third-order valence-electron chi connectivity index (χ3n) is 5.37. The fraction of sp³-hybridized carbons (Fsp3) is 0.179. The van der Waals surface area contributed by atoms with Gasteiger partial charge < -0.3 is 14.2 Å². The molecule has 1 amide bonds. The van der Waals surface area contributed by atoms with Crippen LogP contribution in [0.1, 0.15) is 29.3 Å². The first-order valence-corrected chi connectivity index (χ1v) is 11.3. The Labute approximate surface area is 204 Å². The second-order valence-corrected chi connectivity index (χ2v) is 7.73. The predicted molar refractivity (Wildman–Crippen MR) is 138 cm³/mol. The molecule has 0 spiro atoms. The van der Waals surface area contributed by atoms with Crippen LogP contribution in [-0.2, 0) is 0 Å². The maximum atomic E-state index is 13.2. The Balaban J connectivity index is 1.61. The van der Waals surface area contributed by atoms with E-state index in [2.05, 4.69) is 10.5 Å². The first-order valence-electron chi connectivity index (χ1n) is 11.3. The molecule has 0 aliphatic rings. The minimum absolute atomic E-state index is 0.342. The van der Waals surface area contributed by atoms with Crippen LogP contribution in [0.15, 0.2) is 77.9 Å². The lowest BCUT2D eigenvalue weighted by atomic mass is 10.0. The van der Waals surface area contributed by atoms with E-state index in [1.54, 1.807) is 26.5 Å². The van der Waals surface area contributed by atoms with E-state index in [1.165, 1.54) is 0 Å². The van der Waals surface area contributed by atoms with E-state index < -0.39 is 0 Å². The number of para-hydroxylation sites is 2. The number of nitrogens with one attached hydrogen (secondary N) is 1. The molecule has 0 saturated carbocycles. The summed E-state index contributed by atoms with van der Waals surface area (Å²) >= 11 is 0. The van der Waals surface area contributed by atoms with Gasteiger partial charge in [0.15, 0.2) is 11.5 Å². The van der Waals surface area contributed by atoms with Crippen molar-refractivity contribution in [3.63, 3.8) is 0 Å². The number of amides is 1. The van der Waals surface area contributed by atoms with Gasteiger partial charge in [-0.2, -0.15) is 5.10 Å². The fourth-order valence-corrected chi connectivity index (χ4v) is 3.68. The summed E-state index contributed by atoms with van der Waals surface area (Å²) in [5.41, 5.74) is 6.01. The summed E-state index contributed by atoms with van der Waals surface area (Å²) in [6.45, 7) is 2.65. The van der Waals surface area contributed by atoms with Gasteiger partial charge in [-0.25, -0.2) is 10.4 Å². The second-order valence-electron chi connectivity index (χ2n) is 7.73. The average Bonchev–Trinajstić information content (AvgIpc) is 2.91. The molecule has 7 heteroatoms. The number of hydrogen-bond acceptors (Lipinski definition) is 6. The molecule has 0 saturated heterocycles. The van der Waals surface area contributed by atoms with Gasteiger partial charge in [-0.3, -0.25) is 4.79 Å². The van der Waals surface area contributed by atoms with Gasteiger partial charge in [-0.1, -0.05) is 37.3 Å². The minimum Gasteiger partial charge on any atom is -0.496 e. The van der Waals surface area contributed by atoms with E-state index in [-0.39, 0.29) is 5.91 Å². The summed E-state index contributed by atoms with van der Waals surface area (Å²) in [7, 11) is 3.20. The Bertz CT molecular complexity index is 1370. The van der Waals surface area contributed by atoms with Crippen LogP contribution in [-0.4, -0.2) is 37.9 Å². The lowest BCUT2D eigenvalue weighted by Crippen LogP contribution is -2.18. The maximum absolute atomic E-state index is 13.2. The van der Waals surface area contributed by atoms with Crippen molar-refractivity contribution in [2.24, 2.45) is 5.10 Å². The van der Waals surface area contributed by atoms with Crippen LogP contribution < -0.4 is 19.6 Å². The number of hydrazone groups is 1. The fourth-order valence-electron chi connectivity index (χ4n) is 3.68. The molecule has 1 N–H and O–H groups in total. The summed E-state index contributed by atoms with van der Waals surface area (Å²) in [5, 5.41) is 4.90. The van der Waals surface area contributed by atoms with Crippen molar-refractivity contribution in [1.82, 2.24) is 10.4 Å². The van der Waals surface area contributed by atoms with Crippen molar-refractivity contribution in [3.8, 4) is 28.5 Å². The molecule has 4 rings (SSSR count). The van der Waals surface area contributed by atoms with E-state index in [0.29, 0.717) is 40.6 Å². The lowest BCUT2D eigenvalue weighted by molar-refractivity contribution is 0.0956. The molecule has 3 aromatic carbocycles. The molecule has 0 fully saturated rings. The van der Waals surface area contributed by atoms with E-state index in [1.807, 2.05) is 73.7 Å². The number of rotatable bonds is 9. The lowest BCUT2D eigenvalue weighted by Gasteiger charge is -2.11. The van der Waals surface area contributed by atoms with Gasteiger partial charge in [0.25, 0.3) is 5.91 Å². The summed E-state index contributed by atoms with van der Waals surface area (Å²) < 4.78 is 16.6. The number of benzene rings is 3. The number of fused-ring (bicyclic) bond motifs is 1. The molecule has 0 aliphatic heterocycles. The Morgan fingerprint density at radius 2 is 1.71 bits per heavy atom. The summed E-state index contributed by atoms with van der Waals surface area (Å²) in [6.07, 6.45) is 2.47. The quantitative estimate of drug-likeness (QED) is 0.260. The van der Waals surface area contributed by atoms with Crippen LogP contribution in [0.4, 0.5) is 0 Å². The zero-order valence-corrected chi connectivity index (χ0v) is 19.9. The highest BCUT2D eigenvalue weighted by molar-refractivity contribution is 6.07. The third kappa shape index (κ3) is 5.41. The molecule has 4 aromatic rings. The average molecular weight is 470 g/mol. The Kier molecular flexibility index (Phi) is 7.57. The highest BCUT2D eigenvalue weighted by Gasteiger charge is 2.15. The van der Waals surface area contributed by atoms with E-state index >= 15 is 0 Å². The first-order chi connectivity index (χ1) is 17.1. The largest absolute Gasteiger partial charge is 0.496 e. The van der Waals surface area contributed by atoms with Crippen molar-refractivity contribution >= 4 is 23.0 Å². The molecule has 1 heterocycles. The molecular weight excluding hydrogens is 442 g/mol. The van der Waals surface area contributed by atoms with Gasteiger partial charge in [0.05, 0.1) is 43.8 Å². The first kappa shape index (κ1) is 23.8. The second kappa shape index (κ2) is 11.2.